The monoisotopic (exact) mass is 466 g/mol. The summed E-state index contributed by atoms with van der Waals surface area (Å²) in [5, 5.41) is 0. The van der Waals surface area contributed by atoms with Crippen molar-refractivity contribution in [3.05, 3.63) is 82.9 Å². The van der Waals surface area contributed by atoms with Crippen molar-refractivity contribution < 1.29 is 18.3 Å². The molecule has 3 aromatic rings. The lowest BCUT2D eigenvalue weighted by Gasteiger charge is -2.25. The van der Waals surface area contributed by atoms with Gasteiger partial charge in [0.1, 0.15) is 11.6 Å². The molecular formula is C28H32F2N2O2. The third-order valence-electron chi connectivity index (χ3n) is 6.58. The van der Waals surface area contributed by atoms with E-state index in [0.29, 0.717) is 22.6 Å². The normalized spacial score (nSPS) is 12.3. The lowest BCUT2D eigenvalue weighted by molar-refractivity contribution is 0.174. The van der Waals surface area contributed by atoms with Crippen LogP contribution in [0.3, 0.4) is 0 Å². The molecule has 0 fully saturated rings. The van der Waals surface area contributed by atoms with Gasteiger partial charge in [0.2, 0.25) is 6.79 Å². The first-order valence-corrected chi connectivity index (χ1v) is 12.0. The highest BCUT2D eigenvalue weighted by Gasteiger charge is 2.26. The Morgan fingerprint density at radius 1 is 0.676 bits per heavy atom. The minimum atomic E-state index is -0.633. The molecule has 0 atom stereocenters. The zero-order valence-electron chi connectivity index (χ0n) is 20.3. The maximum Gasteiger partial charge on any atom is 0.231 e. The molecule has 1 aliphatic rings. The largest absolute Gasteiger partial charge is 0.454 e. The number of benzene rings is 3. The molecule has 0 amide bonds. The molecular weight excluding hydrogens is 434 g/mol. The van der Waals surface area contributed by atoms with Crippen molar-refractivity contribution in [3.8, 4) is 11.5 Å². The number of hydrogen-bond donors (Lipinski definition) is 0. The van der Waals surface area contributed by atoms with Gasteiger partial charge in [0.25, 0.3) is 0 Å². The standard InChI is InChI=1S/C28H32F2N2O2/c1-5-31(6-2)20-10-12-22(24(29)16-20)28(19-9-14-26-27(15-19)34-18-33-26)23-13-11-21(17-25(23)30)32(7-3)8-4/h9-17,28H,5-8,18H2,1-4H3. The Morgan fingerprint density at radius 2 is 1.18 bits per heavy atom. The molecule has 3 aromatic carbocycles. The predicted molar refractivity (Wildman–Crippen MR) is 133 cm³/mol. The number of halogens is 2. The van der Waals surface area contributed by atoms with Gasteiger partial charge < -0.3 is 19.3 Å². The van der Waals surface area contributed by atoms with Crippen molar-refractivity contribution in [3.63, 3.8) is 0 Å². The van der Waals surface area contributed by atoms with E-state index in [9.17, 15) is 0 Å². The molecule has 0 aliphatic carbocycles. The quantitative estimate of drug-likeness (QED) is 0.333. The minimum absolute atomic E-state index is 0.142. The van der Waals surface area contributed by atoms with E-state index in [1.807, 2.05) is 52.0 Å². The molecule has 1 aliphatic heterocycles. The highest BCUT2D eigenvalue weighted by molar-refractivity contribution is 5.57. The Morgan fingerprint density at radius 3 is 1.65 bits per heavy atom. The number of anilines is 2. The number of rotatable bonds is 9. The highest BCUT2D eigenvalue weighted by atomic mass is 19.1. The van der Waals surface area contributed by atoms with E-state index < -0.39 is 5.92 Å². The molecule has 0 spiro atoms. The fourth-order valence-corrected chi connectivity index (χ4v) is 4.69. The van der Waals surface area contributed by atoms with E-state index in [1.165, 1.54) is 0 Å². The molecule has 0 bridgehead atoms. The lowest BCUT2D eigenvalue weighted by Crippen LogP contribution is -2.22. The zero-order chi connectivity index (χ0) is 24.2. The van der Waals surface area contributed by atoms with Crippen molar-refractivity contribution in [2.75, 3.05) is 42.8 Å². The summed E-state index contributed by atoms with van der Waals surface area (Å²) in [6, 6.07) is 15.9. The van der Waals surface area contributed by atoms with Gasteiger partial charge in [0.05, 0.1) is 0 Å². The van der Waals surface area contributed by atoms with Gasteiger partial charge in [-0.3, -0.25) is 0 Å². The Hall–Kier alpha value is -3.28. The summed E-state index contributed by atoms with van der Waals surface area (Å²) >= 11 is 0. The summed E-state index contributed by atoms with van der Waals surface area (Å²) in [6.45, 7) is 11.4. The van der Waals surface area contributed by atoms with E-state index in [2.05, 4.69) is 9.80 Å². The molecule has 0 saturated heterocycles. The summed E-state index contributed by atoms with van der Waals surface area (Å²) in [4.78, 5) is 4.17. The molecule has 0 aromatic heterocycles. The van der Waals surface area contributed by atoms with Crippen LogP contribution in [0.25, 0.3) is 0 Å². The van der Waals surface area contributed by atoms with Crippen LogP contribution < -0.4 is 19.3 Å². The van der Waals surface area contributed by atoms with Crippen molar-refractivity contribution in [1.82, 2.24) is 0 Å². The fraction of sp³-hybridized carbons (Fsp3) is 0.357. The Kier molecular flexibility index (Phi) is 7.25. The Bertz CT molecular complexity index is 1080. The second kappa shape index (κ2) is 10.3. The lowest BCUT2D eigenvalue weighted by atomic mass is 9.84. The summed E-state index contributed by atoms with van der Waals surface area (Å²) in [7, 11) is 0. The van der Waals surface area contributed by atoms with E-state index in [-0.39, 0.29) is 18.4 Å². The van der Waals surface area contributed by atoms with E-state index >= 15 is 8.78 Å². The second-order valence-corrected chi connectivity index (χ2v) is 8.30. The molecule has 4 nitrogen and oxygen atoms in total. The van der Waals surface area contributed by atoms with Crippen molar-refractivity contribution in [2.45, 2.75) is 33.6 Å². The zero-order valence-corrected chi connectivity index (χ0v) is 20.3. The third-order valence-corrected chi connectivity index (χ3v) is 6.58. The van der Waals surface area contributed by atoms with Gasteiger partial charge in [-0.05, 0) is 80.8 Å². The molecule has 0 saturated carbocycles. The smallest absolute Gasteiger partial charge is 0.231 e. The van der Waals surface area contributed by atoms with Crippen LogP contribution >= 0.6 is 0 Å². The van der Waals surface area contributed by atoms with E-state index in [1.54, 1.807) is 30.3 Å². The van der Waals surface area contributed by atoms with Crippen LogP contribution in [0.1, 0.15) is 50.3 Å². The van der Waals surface area contributed by atoms with Crippen molar-refractivity contribution >= 4 is 11.4 Å². The number of ether oxygens (including phenoxy) is 2. The third kappa shape index (κ3) is 4.54. The van der Waals surface area contributed by atoms with Crippen LogP contribution in [0.2, 0.25) is 0 Å². The van der Waals surface area contributed by atoms with Gasteiger partial charge in [0, 0.05) is 43.5 Å². The molecule has 0 unspecified atom stereocenters. The number of fused-ring (bicyclic) bond motifs is 1. The molecule has 4 rings (SSSR count). The van der Waals surface area contributed by atoms with Gasteiger partial charge in [-0.1, -0.05) is 18.2 Å². The number of nitrogens with zero attached hydrogens (tertiary/aromatic N) is 2. The van der Waals surface area contributed by atoms with E-state index in [4.69, 9.17) is 9.47 Å². The maximum atomic E-state index is 15.6. The molecule has 34 heavy (non-hydrogen) atoms. The summed E-state index contributed by atoms with van der Waals surface area (Å²) < 4.78 is 42.2. The first-order chi connectivity index (χ1) is 16.5. The van der Waals surface area contributed by atoms with Crippen LogP contribution in [0.5, 0.6) is 11.5 Å². The molecule has 0 radical (unpaired) electrons. The van der Waals surface area contributed by atoms with Crippen LogP contribution in [0.15, 0.2) is 54.6 Å². The number of hydrogen-bond acceptors (Lipinski definition) is 4. The van der Waals surface area contributed by atoms with Crippen molar-refractivity contribution in [2.24, 2.45) is 0 Å². The molecule has 6 heteroatoms. The van der Waals surface area contributed by atoms with Crippen LogP contribution in [-0.2, 0) is 0 Å². The average Bonchev–Trinajstić information content (AvgIpc) is 3.31. The Balaban J connectivity index is 1.84. The van der Waals surface area contributed by atoms with Crippen LogP contribution in [-0.4, -0.2) is 33.0 Å². The fourth-order valence-electron chi connectivity index (χ4n) is 4.69. The van der Waals surface area contributed by atoms with Crippen LogP contribution in [0.4, 0.5) is 20.2 Å². The summed E-state index contributed by atoms with van der Waals surface area (Å²) in [5.74, 6) is -0.135. The molecule has 180 valence electrons. The van der Waals surface area contributed by atoms with Gasteiger partial charge in [-0.25, -0.2) is 8.78 Å². The molecule has 0 N–H and O–H groups in total. The van der Waals surface area contributed by atoms with Gasteiger partial charge in [-0.2, -0.15) is 0 Å². The van der Waals surface area contributed by atoms with Gasteiger partial charge >= 0.3 is 0 Å². The highest BCUT2D eigenvalue weighted by Crippen LogP contribution is 2.41. The van der Waals surface area contributed by atoms with Gasteiger partial charge in [0.15, 0.2) is 11.5 Å². The maximum absolute atomic E-state index is 15.6. The topological polar surface area (TPSA) is 24.9 Å². The SMILES string of the molecule is CCN(CC)c1ccc(C(c2ccc3c(c2)OCO3)c2ccc(N(CC)CC)cc2F)c(F)c1. The first-order valence-electron chi connectivity index (χ1n) is 12.0. The molecule has 1 heterocycles. The second-order valence-electron chi connectivity index (χ2n) is 8.30. The van der Waals surface area contributed by atoms with E-state index in [0.717, 1.165) is 43.1 Å². The summed E-state index contributed by atoms with van der Waals surface area (Å²) in [5.41, 5.74) is 3.21. The van der Waals surface area contributed by atoms with Gasteiger partial charge in [-0.15, -0.1) is 0 Å². The predicted octanol–water partition coefficient (Wildman–Crippen LogP) is 6.57. The first kappa shape index (κ1) is 23.9. The van der Waals surface area contributed by atoms with Crippen molar-refractivity contribution in [1.29, 1.82) is 0 Å². The summed E-state index contributed by atoms with van der Waals surface area (Å²) in [6.07, 6.45) is 0. The van der Waals surface area contributed by atoms with Crippen LogP contribution in [0, 0.1) is 11.6 Å². The minimum Gasteiger partial charge on any atom is -0.454 e. The average molecular weight is 467 g/mol. The Labute approximate surface area is 200 Å².